The molecule has 0 aliphatic heterocycles. The van der Waals surface area contributed by atoms with Gasteiger partial charge in [-0.05, 0) is 24.3 Å². The molecule has 128 valence electrons. The van der Waals surface area contributed by atoms with Gasteiger partial charge in [0.05, 0.1) is 18.1 Å². The summed E-state index contributed by atoms with van der Waals surface area (Å²) in [7, 11) is 1.46. The van der Waals surface area contributed by atoms with E-state index in [0.717, 1.165) is 10.6 Å². The third kappa shape index (κ3) is 2.97. The van der Waals surface area contributed by atoms with Crippen LogP contribution in [0.1, 0.15) is 0 Å². The summed E-state index contributed by atoms with van der Waals surface area (Å²) in [5, 5.41) is 28.5. The first-order valence-corrected chi connectivity index (χ1v) is 7.23. The zero-order valence-electron chi connectivity index (χ0n) is 13.1. The van der Waals surface area contributed by atoms with Gasteiger partial charge in [-0.1, -0.05) is 0 Å². The summed E-state index contributed by atoms with van der Waals surface area (Å²) in [4.78, 5) is 28.2. The summed E-state index contributed by atoms with van der Waals surface area (Å²) >= 11 is 0. The number of nitrogens with zero attached hydrogens (tertiary/aromatic N) is 2. The highest BCUT2D eigenvalue weighted by Crippen LogP contribution is 2.30. The largest absolute Gasteiger partial charge is 0.508 e. The molecule has 0 spiro atoms. The lowest BCUT2D eigenvalue weighted by atomic mass is 10.1. The number of benzene rings is 2. The maximum Gasteiger partial charge on any atom is 0.323 e. The molecule has 3 rings (SSSR count). The molecule has 8 heteroatoms. The van der Waals surface area contributed by atoms with Crippen molar-refractivity contribution < 1.29 is 24.9 Å². The average molecular weight is 342 g/mol. The molecule has 0 unspecified atom stereocenters. The van der Waals surface area contributed by atoms with E-state index in [1.165, 1.54) is 25.3 Å². The molecule has 0 amide bonds. The Bertz CT molecular complexity index is 1040. The SMILES string of the molecule is COc1ccc2nc(-c3ccc(O)cc3O)c(=O)n(CC(=O)O)c2c1. The maximum atomic E-state index is 12.8. The molecule has 0 bridgehead atoms. The van der Waals surface area contributed by atoms with Crippen LogP contribution in [0.25, 0.3) is 22.3 Å². The molecule has 0 radical (unpaired) electrons. The molecule has 3 N–H and O–H groups in total. The van der Waals surface area contributed by atoms with E-state index in [4.69, 9.17) is 9.84 Å². The Morgan fingerprint density at radius 1 is 1.20 bits per heavy atom. The number of hydrogen-bond donors (Lipinski definition) is 3. The van der Waals surface area contributed by atoms with Gasteiger partial charge < -0.3 is 20.1 Å². The Hall–Kier alpha value is -3.55. The Morgan fingerprint density at radius 3 is 2.60 bits per heavy atom. The van der Waals surface area contributed by atoms with Crippen molar-refractivity contribution in [1.82, 2.24) is 9.55 Å². The number of methoxy groups -OCH3 is 1. The van der Waals surface area contributed by atoms with Gasteiger partial charge in [-0.2, -0.15) is 0 Å². The first-order valence-electron chi connectivity index (χ1n) is 7.23. The van der Waals surface area contributed by atoms with Crippen molar-refractivity contribution in [3.05, 3.63) is 46.8 Å². The van der Waals surface area contributed by atoms with E-state index < -0.39 is 18.1 Å². The number of phenolic OH excluding ortho intramolecular Hbond substituents is 2. The average Bonchev–Trinajstić information content (AvgIpc) is 2.57. The minimum absolute atomic E-state index is 0.0969. The zero-order valence-corrected chi connectivity index (χ0v) is 13.1. The van der Waals surface area contributed by atoms with Crippen molar-refractivity contribution in [3.63, 3.8) is 0 Å². The Morgan fingerprint density at radius 2 is 1.96 bits per heavy atom. The lowest BCUT2D eigenvalue weighted by Gasteiger charge is -2.12. The molecular weight excluding hydrogens is 328 g/mol. The predicted octanol–water partition coefficient (Wildman–Crippen LogP) is 1.57. The van der Waals surface area contributed by atoms with Crippen LogP contribution in [0, 0.1) is 0 Å². The molecule has 0 atom stereocenters. The molecule has 8 nitrogen and oxygen atoms in total. The van der Waals surface area contributed by atoms with Crippen LogP contribution in [-0.2, 0) is 11.3 Å². The Labute approximate surface area is 141 Å². The van der Waals surface area contributed by atoms with Crippen molar-refractivity contribution in [1.29, 1.82) is 0 Å². The number of fused-ring (bicyclic) bond motifs is 1. The molecule has 25 heavy (non-hydrogen) atoms. The molecule has 3 aromatic rings. The number of carboxylic acids is 1. The molecule has 0 aliphatic rings. The highest BCUT2D eigenvalue weighted by atomic mass is 16.5. The molecule has 0 saturated heterocycles. The van der Waals surface area contributed by atoms with Crippen molar-refractivity contribution >= 4 is 17.0 Å². The van der Waals surface area contributed by atoms with E-state index >= 15 is 0 Å². The Kier molecular flexibility index (Phi) is 4.02. The third-order valence-corrected chi connectivity index (χ3v) is 3.68. The van der Waals surface area contributed by atoms with E-state index in [9.17, 15) is 19.8 Å². The fraction of sp³-hybridized carbons (Fsp3) is 0.118. The number of aromatic nitrogens is 2. The van der Waals surface area contributed by atoms with Crippen LogP contribution in [0.15, 0.2) is 41.2 Å². The number of ether oxygens (including phenoxy) is 1. The number of aromatic hydroxyl groups is 2. The number of aliphatic carboxylic acids is 1. The number of rotatable bonds is 4. The van der Waals surface area contributed by atoms with Crippen LogP contribution in [0.5, 0.6) is 17.2 Å². The molecule has 2 aromatic carbocycles. The summed E-state index contributed by atoms with van der Waals surface area (Å²) in [6.45, 7) is -0.573. The number of carbonyl (C=O) groups is 1. The summed E-state index contributed by atoms with van der Waals surface area (Å²) in [5.41, 5.74) is -0.0295. The van der Waals surface area contributed by atoms with Crippen molar-refractivity contribution in [2.75, 3.05) is 7.11 Å². The highest BCUT2D eigenvalue weighted by molar-refractivity contribution is 5.82. The minimum atomic E-state index is -1.20. The molecule has 1 aromatic heterocycles. The third-order valence-electron chi connectivity index (χ3n) is 3.68. The topological polar surface area (TPSA) is 122 Å². The van der Waals surface area contributed by atoms with E-state index in [-0.39, 0.29) is 22.8 Å². The summed E-state index contributed by atoms with van der Waals surface area (Å²) in [6, 6.07) is 8.46. The highest BCUT2D eigenvalue weighted by Gasteiger charge is 2.18. The van der Waals surface area contributed by atoms with Gasteiger partial charge in [0.15, 0.2) is 0 Å². The van der Waals surface area contributed by atoms with Crippen molar-refractivity contribution in [2.24, 2.45) is 0 Å². The lowest BCUT2D eigenvalue weighted by molar-refractivity contribution is -0.137. The van der Waals surface area contributed by atoms with Crippen LogP contribution < -0.4 is 10.3 Å². The predicted molar refractivity (Wildman–Crippen MR) is 89.0 cm³/mol. The normalized spacial score (nSPS) is 10.8. The fourth-order valence-corrected chi connectivity index (χ4v) is 2.53. The van der Waals surface area contributed by atoms with Gasteiger partial charge in [0, 0.05) is 17.7 Å². The van der Waals surface area contributed by atoms with Gasteiger partial charge >= 0.3 is 5.97 Å². The first kappa shape index (κ1) is 16.3. The molecule has 0 aliphatic carbocycles. The maximum absolute atomic E-state index is 12.8. The minimum Gasteiger partial charge on any atom is -0.508 e. The van der Waals surface area contributed by atoms with Crippen LogP contribution >= 0.6 is 0 Å². The van der Waals surface area contributed by atoms with E-state index in [1.807, 2.05) is 0 Å². The van der Waals surface area contributed by atoms with Crippen molar-refractivity contribution in [3.8, 4) is 28.5 Å². The monoisotopic (exact) mass is 342 g/mol. The second kappa shape index (κ2) is 6.16. The van der Waals surface area contributed by atoms with Gasteiger partial charge in [0.1, 0.15) is 29.5 Å². The molecule has 0 fully saturated rings. The van der Waals surface area contributed by atoms with Crippen LogP contribution in [0.2, 0.25) is 0 Å². The summed E-state index contributed by atoms with van der Waals surface area (Å²) in [5.74, 6) is -1.25. The fourth-order valence-electron chi connectivity index (χ4n) is 2.53. The summed E-state index contributed by atoms with van der Waals surface area (Å²) in [6.07, 6.45) is 0. The first-order chi connectivity index (χ1) is 11.9. The molecule has 1 heterocycles. The van der Waals surface area contributed by atoms with Crippen molar-refractivity contribution in [2.45, 2.75) is 6.54 Å². The quantitative estimate of drug-likeness (QED) is 0.658. The second-order valence-corrected chi connectivity index (χ2v) is 5.30. The molecular formula is C17H14N2O6. The van der Waals surface area contributed by atoms with Crippen LogP contribution in [0.4, 0.5) is 0 Å². The number of hydrogen-bond acceptors (Lipinski definition) is 6. The van der Waals surface area contributed by atoms with Gasteiger partial charge in [-0.3, -0.25) is 14.2 Å². The van der Waals surface area contributed by atoms with Gasteiger partial charge in [0.25, 0.3) is 5.56 Å². The lowest BCUT2D eigenvalue weighted by Crippen LogP contribution is -2.27. The van der Waals surface area contributed by atoms with Gasteiger partial charge in [-0.25, -0.2) is 4.98 Å². The summed E-state index contributed by atoms with van der Waals surface area (Å²) < 4.78 is 6.16. The number of phenols is 2. The smallest absolute Gasteiger partial charge is 0.323 e. The van der Waals surface area contributed by atoms with E-state index in [2.05, 4.69) is 4.98 Å². The number of carboxylic acid groups (broad SMARTS) is 1. The van der Waals surface area contributed by atoms with Crippen LogP contribution in [0.3, 0.4) is 0 Å². The standard InChI is InChI=1S/C17H14N2O6/c1-25-10-3-5-12-13(7-10)19(8-15(22)23)17(24)16(18-12)11-4-2-9(20)6-14(11)21/h2-7,20-21H,8H2,1H3,(H,22,23). The van der Waals surface area contributed by atoms with E-state index in [0.29, 0.717) is 16.8 Å². The molecule has 0 saturated carbocycles. The van der Waals surface area contributed by atoms with Gasteiger partial charge in [0.2, 0.25) is 0 Å². The van der Waals surface area contributed by atoms with Crippen LogP contribution in [-0.4, -0.2) is 37.9 Å². The zero-order chi connectivity index (χ0) is 18.1. The van der Waals surface area contributed by atoms with E-state index in [1.54, 1.807) is 12.1 Å². The van der Waals surface area contributed by atoms with Gasteiger partial charge in [-0.15, -0.1) is 0 Å². The second-order valence-electron chi connectivity index (χ2n) is 5.30. The Balaban J connectivity index is 2.36.